The number of rotatable bonds is 4. The van der Waals surface area contributed by atoms with Crippen LogP contribution in [0, 0.1) is 11.6 Å². The number of carbonyl (C=O) groups is 1. The molecule has 0 bridgehead atoms. The topological polar surface area (TPSA) is 39.2 Å². The van der Waals surface area contributed by atoms with Gasteiger partial charge in [-0.3, -0.25) is 9.78 Å². The Hall–Kier alpha value is -2.30. The van der Waals surface area contributed by atoms with Crippen molar-refractivity contribution >= 4 is 5.78 Å². The van der Waals surface area contributed by atoms with E-state index in [9.17, 15) is 13.6 Å². The summed E-state index contributed by atoms with van der Waals surface area (Å²) in [5.74, 6) is -1.51. The zero-order chi connectivity index (χ0) is 13.8. The number of Topliss-reactive ketones (excluding diaryl/α,β-unsaturated/α-hetero) is 1. The van der Waals surface area contributed by atoms with Crippen LogP contribution in [0.2, 0.25) is 0 Å². The molecule has 0 aliphatic rings. The number of benzene rings is 1. The highest BCUT2D eigenvalue weighted by Crippen LogP contribution is 2.21. The van der Waals surface area contributed by atoms with Gasteiger partial charge in [-0.05, 0) is 17.7 Å². The molecule has 0 amide bonds. The van der Waals surface area contributed by atoms with Crippen LogP contribution in [0.5, 0.6) is 5.75 Å². The third kappa shape index (κ3) is 2.93. The number of hydrogen-bond acceptors (Lipinski definition) is 3. The van der Waals surface area contributed by atoms with Crippen LogP contribution in [0.25, 0.3) is 0 Å². The van der Waals surface area contributed by atoms with Crippen LogP contribution in [0.1, 0.15) is 15.9 Å². The molecular weight excluding hydrogens is 252 g/mol. The summed E-state index contributed by atoms with van der Waals surface area (Å²) in [4.78, 5) is 15.5. The first-order valence-corrected chi connectivity index (χ1v) is 5.57. The van der Waals surface area contributed by atoms with E-state index in [0.29, 0.717) is 0 Å². The van der Waals surface area contributed by atoms with Gasteiger partial charge in [-0.25, -0.2) is 8.78 Å². The first-order valence-electron chi connectivity index (χ1n) is 5.57. The fourth-order valence-electron chi connectivity index (χ4n) is 1.69. The first kappa shape index (κ1) is 13.1. The molecular formula is C14H11F2NO2. The molecule has 1 aromatic carbocycles. The standard InChI is InChI=1S/C14H11F2NO2/c1-19-13-4-2-3-9(14(13)16)6-12(18)10-5-11(15)8-17-7-10/h2-5,7-8H,6H2,1H3. The Labute approximate surface area is 108 Å². The molecule has 19 heavy (non-hydrogen) atoms. The van der Waals surface area contributed by atoms with Gasteiger partial charge in [-0.2, -0.15) is 0 Å². The Balaban J connectivity index is 2.24. The lowest BCUT2D eigenvalue weighted by atomic mass is 10.0. The van der Waals surface area contributed by atoms with Gasteiger partial charge in [0.2, 0.25) is 0 Å². The lowest BCUT2D eigenvalue weighted by Gasteiger charge is -2.06. The smallest absolute Gasteiger partial charge is 0.168 e. The second-order valence-electron chi connectivity index (χ2n) is 3.93. The highest BCUT2D eigenvalue weighted by atomic mass is 19.1. The van der Waals surface area contributed by atoms with Crippen molar-refractivity contribution in [3.8, 4) is 5.75 Å². The Morgan fingerprint density at radius 2 is 2.11 bits per heavy atom. The van der Waals surface area contributed by atoms with Gasteiger partial charge in [-0.1, -0.05) is 12.1 Å². The van der Waals surface area contributed by atoms with Crippen LogP contribution in [0.4, 0.5) is 8.78 Å². The fraction of sp³-hybridized carbons (Fsp3) is 0.143. The number of pyridine rings is 1. The molecule has 2 rings (SSSR count). The monoisotopic (exact) mass is 263 g/mol. The number of ether oxygens (including phenoxy) is 1. The van der Waals surface area contributed by atoms with E-state index < -0.39 is 17.4 Å². The molecule has 0 spiro atoms. The lowest BCUT2D eigenvalue weighted by Crippen LogP contribution is -2.06. The average molecular weight is 263 g/mol. The van der Waals surface area contributed by atoms with E-state index in [0.717, 1.165) is 12.3 Å². The molecule has 98 valence electrons. The minimum Gasteiger partial charge on any atom is -0.494 e. The average Bonchev–Trinajstić information content (AvgIpc) is 2.41. The number of nitrogens with zero attached hydrogens (tertiary/aromatic N) is 1. The normalized spacial score (nSPS) is 10.3. The van der Waals surface area contributed by atoms with E-state index in [2.05, 4.69) is 4.98 Å². The molecule has 0 aliphatic heterocycles. The molecule has 0 saturated carbocycles. The number of ketones is 1. The van der Waals surface area contributed by atoms with Crippen molar-refractivity contribution in [1.82, 2.24) is 4.98 Å². The Bertz CT molecular complexity index is 614. The molecule has 1 aromatic heterocycles. The Kier molecular flexibility index (Phi) is 3.85. The number of halogens is 2. The SMILES string of the molecule is COc1cccc(CC(=O)c2cncc(F)c2)c1F. The largest absolute Gasteiger partial charge is 0.494 e. The highest BCUT2D eigenvalue weighted by molar-refractivity contribution is 5.97. The fourth-order valence-corrected chi connectivity index (χ4v) is 1.69. The summed E-state index contributed by atoms with van der Waals surface area (Å²) in [6.07, 6.45) is 2.08. The second kappa shape index (κ2) is 5.56. The number of aromatic nitrogens is 1. The second-order valence-corrected chi connectivity index (χ2v) is 3.93. The quantitative estimate of drug-likeness (QED) is 0.796. The summed E-state index contributed by atoms with van der Waals surface area (Å²) < 4.78 is 31.7. The van der Waals surface area contributed by atoms with Gasteiger partial charge in [0.15, 0.2) is 17.3 Å². The maximum absolute atomic E-state index is 13.9. The third-order valence-electron chi connectivity index (χ3n) is 2.64. The Morgan fingerprint density at radius 3 is 2.79 bits per heavy atom. The van der Waals surface area contributed by atoms with Crippen molar-refractivity contribution in [3.63, 3.8) is 0 Å². The zero-order valence-electron chi connectivity index (χ0n) is 10.2. The van der Waals surface area contributed by atoms with Gasteiger partial charge < -0.3 is 4.74 Å². The van der Waals surface area contributed by atoms with Gasteiger partial charge in [-0.15, -0.1) is 0 Å². The molecule has 0 aliphatic carbocycles. The molecule has 0 N–H and O–H groups in total. The van der Waals surface area contributed by atoms with Crippen molar-refractivity contribution in [3.05, 3.63) is 59.4 Å². The van der Waals surface area contributed by atoms with Gasteiger partial charge in [0.25, 0.3) is 0 Å². The summed E-state index contributed by atoms with van der Waals surface area (Å²) in [6.45, 7) is 0. The van der Waals surface area contributed by atoms with Crippen LogP contribution in [-0.2, 0) is 6.42 Å². The van der Waals surface area contributed by atoms with Crippen LogP contribution in [-0.4, -0.2) is 17.9 Å². The molecule has 5 heteroatoms. The summed E-state index contributed by atoms with van der Waals surface area (Å²) in [7, 11) is 1.35. The maximum Gasteiger partial charge on any atom is 0.168 e. The third-order valence-corrected chi connectivity index (χ3v) is 2.64. The van der Waals surface area contributed by atoms with E-state index in [4.69, 9.17) is 4.74 Å². The molecule has 0 unspecified atom stereocenters. The molecule has 0 radical (unpaired) electrons. The van der Waals surface area contributed by atoms with E-state index in [1.165, 1.54) is 25.4 Å². The summed E-state index contributed by atoms with van der Waals surface area (Å²) in [5.41, 5.74) is 0.316. The number of hydrogen-bond donors (Lipinski definition) is 0. The molecule has 1 heterocycles. The van der Waals surface area contributed by atoms with E-state index in [-0.39, 0.29) is 23.3 Å². The number of methoxy groups -OCH3 is 1. The van der Waals surface area contributed by atoms with Gasteiger partial charge in [0.05, 0.1) is 13.3 Å². The van der Waals surface area contributed by atoms with E-state index in [1.54, 1.807) is 6.07 Å². The Morgan fingerprint density at radius 1 is 1.32 bits per heavy atom. The predicted octanol–water partition coefficient (Wildman–Crippen LogP) is 2.79. The molecule has 0 atom stereocenters. The predicted molar refractivity (Wildman–Crippen MR) is 65.2 cm³/mol. The van der Waals surface area contributed by atoms with Gasteiger partial charge in [0, 0.05) is 18.2 Å². The van der Waals surface area contributed by atoms with Gasteiger partial charge in [0.1, 0.15) is 5.82 Å². The van der Waals surface area contributed by atoms with Crippen molar-refractivity contribution in [2.24, 2.45) is 0 Å². The molecule has 0 saturated heterocycles. The zero-order valence-corrected chi connectivity index (χ0v) is 10.2. The van der Waals surface area contributed by atoms with E-state index in [1.807, 2.05) is 0 Å². The molecule has 3 nitrogen and oxygen atoms in total. The van der Waals surface area contributed by atoms with Crippen LogP contribution >= 0.6 is 0 Å². The summed E-state index contributed by atoms with van der Waals surface area (Å²) in [6, 6.07) is 5.62. The first-order chi connectivity index (χ1) is 9.11. The van der Waals surface area contributed by atoms with Gasteiger partial charge >= 0.3 is 0 Å². The lowest BCUT2D eigenvalue weighted by molar-refractivity contribution is 0.0991. The van der Waals surface area contributed by atoms with E-state index >= 15 is 0 Å². The molecule has 0 fully saturated rings. The minimum absolute atomic E-state index is 0.0719. The highest BCUT2D eigenvalue weighted by Gasteiger charge is 2.14. The van der Waals surface area contributed by atoms with Crippen molar-refractivity contribution in [2.45, 2.75) is 6.42 Å². The summed E-state index contributed by atoms with van der Waals surface area (Å²) >= 11 is 0. The van der Waals surface area contributed by atoms with Crippen LogP contribution in [0.3, 0.4) is 0 Å². The summed E-state index contributed by atoms with van der Waals surface area (Å²) in [5, 5.41) is 0. The number of carbonyl (C=O) groups excluding carboxylic acids is 1. The molecule has 2 aromatic rings. The van der Waals surface area contributed by atoms with Crippen LogP contribution < -0.4 is 4.74 Å². The van der Waals surface area contributed by atoms with Crippen LogP contribution in [0.15, 0.2) is 36.7 Å². The van der Waals surface area contributed by atoms with Crippen molar-refractivity contribution in [1.29, 1.82) is 0 Å². The van der Waals surface area contributed by atoms with Crippen molar-refractivity contribution < 1.29 is 18.3 Å². The van der Waals surface area contributed by atoms with Crippen molar-refractivity contribution in [2.75, 3.05) is 7.11 Å². The maximum atomic E-state index is 13.9. The minimum atomic E-state index is -0.600.